The third kappa shape index (κ3) is 3.37. The molecule has 0 aliphatic carbocycles. The van der Waals surface area contributed by atoms with Gasteiger partial charge >= 0.3 is 5.97 Å². The van der Waals surface area contributed by atoms with Gasteiger partial charge in [0.1, 0.15) is 5.60 Å². The molecule has 16 heavy (non-hydrogen) atoms. The smallest absolute Gasteiger partial charge is 0.339 e. The van der Waals surface area contributed by atoms with Gasteiger partial charge in [-0.3, -0.25) is 0 Å². The maximum absolute atomic E-state index is 11.9. The Morgan fingerprint density at radius 3 is 2.44 bits per heavy atom. The fraction of sp³-hybridized carbons (Fsp3) is 0.417. The van der Waals surface area contributed by atoms with Crippen LogP contribution in [0.3, 0.4) is 0 Å². The predicted molar refractivity (Wildman–Crippen MR) is 73.5 cm³/mol. The van der Waals surface area contributed by atoms with E-state index in [2.05, 4.69) is 22.6 Å². The number of esters is 1. The molecular formula is C12H16INO2. The standard InChI is InChI=1S/C12H16INO2/c1-7-9(5-8(13)6-10(7)14)11(15)16-12(2,3)4/h5-6H,14H2,1-4H3. The van der Waals surface area contributed by atoms with Crippen molar-refractivity contribution in [3.63, 3.8) is 0 Å². The molecule has 0 fully saturated rings. The molecular weight excluding hydrogens is 317 g/mol. The molecule has 88 valence electrons. The lowest BCUT2D eigenvalue weighted by molar-refractivity contribution is 0.00687. The molecule has 0 unspecified atom stereocenters. The van der Waals surface area contributed by atoms with Crippen LogP contribution in [0, 0.1) is 10.5 Å². The first kappa shape index (κ1) is 13.3. The van der Waals surface area contributed by atoms with Gasteiger partial charge in [-0.15, -0.1) is 0 Å². The number of hydrogen-bond donors (Lipinski definition) is 1. The lowest BCUT2D eigenvalue weighted by Crippen LogP contribution is -2.24. The van der Waals surface area contributed by atoms with Crippen molar-refractivity contribution in [1.29, 1.82) is 0 Å². The van der Waals surface area contributed by atoms with Crippen molar-refractivity contribution >= 4 is 34.2 Å². The van der Waals surface area contributed by atoms with Crippen molar-refractivity contribution in [1.82, 2.24) is 0 Å². The Morgan fingerprint density at radius 2 is 1.94 bits per heavy atom. The average molecular weight is 333 g/mol. The highest BCUT2D eigenvalue weighted by Crippen LogP contribution is 2.22. The zero-order valence-corrected chi connectivity index (χ0v) is 12.1. The van der Waals surface area contributed by atoms with Gasteiger partial charge in [-0.1, -0.05) is 0 Å². The van der Waals surface area contributed by atoms with E-state index in [-0.39, 0.29) is 5.97 Å². The quantitative estimate of drug-likeness (QED) is 0.488. The number of halogens is 1. The highest BCUT2D eigenvalue weighted by atomic mass is 127. The minimum Gasteiger partial charge on any atom is -0.456 e. The van der Waals surface area contributed by atoms with Gasteiger partial charge in [0.15, 0.2) is 0 Å². The monoisotopic (exact) mass is 333 g/mol. The molecule has 1 aromatic carbocycles. The van der Waals surface area contributed by atoms with Crippen LogP contribution < -0.4 is 5.73 Å². The molecule has 0 spiro atoms. The summed E-state index contributed by atoms with van der Waals surface area (Å²) in [5.41, 5.74) is 7.26. The molecule has 0 aromatic heterocycles. The number of carbonyl (C=O) groups excluding carboxylic acids is 1. The van der Waals surface area contributed by atoms with Gasteiger partial charge < -0.3 is 10.5 Å². The molecule has 1 rings (SSSR count). The molecule has 0 saturated carbocycles. The Hall–Kier alpha value is -0.780. The van der Waals surface area contributed by atoms with E-state index in [1.165, 1.54) is 0 Å². The van der Waals surface area contributed by atoms with E-state index in [1.54, 1.807) is 6.07 Å². The van der Waals surface area contributed by atoms with Crippen LogP contribution in [0.25, 0.3) is 0 Å². The van der Waals surface area contributed by atoms with Crippen molar-refractivity contribution in [3.8, 4) is 0 Å². The summed E-state index contributed by atoms with van der Waals surface area (Å²) in [5, 5.41) is 0. The van der Waals surface area contributed by atoms with E-state index in [9.17, 15) is 4.79 Å². The second kappa shape index (κ2) is 4.61. The van der Waals surface area contributed by atoms with Gasteiger partial charge in [0.25, 0.3) is 0 Å². The topological polar surface area (TPSA) is 52.3 Å². The van der Waals surface area contributed by atoms with Crippen molar-refractivity contribution in [2.45, 2.75) is 33.3 Å². The van der Waals surface area contributed by atoms with Crippen molar-refractivity contribution < 1.29 is 9.53 Å². The van der Waals surface area contributed by atoms with Gasteiger partial charge in [0, 0.05) is 9.26 Å². The summed E-state index contributed by atoms with van der Waals surface area (Å²) >= 11 is 2.13. The Bertz CT molecular complexity index is 422. The Labute approximate surface area is 109 Å². The lowest BCUT2D eigenvalue weighted by Gasteiger charge is -2.20. The molecule has 0 heterocycles. The van der Waals surface area contributed by atoms with Crippen molar-refractivity contribution in [2.24, 2.45) is 0 Å². The van der Waals surface area contributed by atoms with E-state index in [0.29, 0.717) is 11.3 Å². The van der Waals surface area contributed by atoms with Crippen molar-refractivity contribution in [2.75, 3.05) is 5.73 Å². The highest BCUT2D eigenvalue weighted by molar-refractivity contribution is 14.1. The number of nitrogen functional groups attached to an aromatic ring is 1. The normalized spacial score (nSPS) is 11.3. The number of nitrogens with two attached hydrogens (primary N) is 1. The van der Waals surface area contributed by atoms with Crippen LogP contribution in [0.2, 0.25) is 0 Å². The van der Waals surface area contributed by atoms with E-state index in [4.69, 9.17) is 10.5 Å². The first-order chi connectivity index (χ1) is 7.20. The minimum atomic E-state index is -0.487. The predicted octanol–water partition coefficient (Wildman–Crippen LogP) is 3.14. The second-order valence-electron chi connectivity index (χ2n) is 4.67. The summed E-state index contributed by atoms with van der Waals surface area (Å²) in [6, 6.07) is 3.63. The van der Waals surface area contributed by atoms with Gasteiger partial charge in [-0.05, 0) is 68.0 Å². The maximum atomic E-state index is 11.9. The Balaban J connectivity index is 3.09. The molecule has 1 aromatic rings. The third-order valence-electron chi connectivity index (χ3n) is 2.03. The third-order valence-corrected chi connectivity index (χ3v) is 2.65. The van der Waals surface area contributed by atoms with E-state index >= 15 is 0 Å². The summed E-state index contributed by atoms with van der Waals surface area (Å²) in [7, 11) is 0. The number of anilines is 1. The van der Waals surface area contributed by atoms with E-state index in [1.807, 2.05) is 33.8 Å². The van der Waals surface area contributed by atoms with Crippen LogP contribution in [-0.4, -0.2) is 11.6 Å². The fourth-order valence-electron chi connectivity index (χ4n) is 1.25. The first-order valence-corrected chi connectivity index (χ1v) is 6.07. The number of hydrogen-bond acceptors (Lipinski definition) is 3. The second-order valence-corrected chi connectivity index (χ2v) is 5.92. The summed E-state index contributed by atoms with van der Waals surface area (Å²) in [5.74, 6) is -0.324. The number of ether oxygens (including phenoxy) is 1. The molecule has 0 radical (unpaired) electrons. The van der Waals surface area contributed by atoms with Gasteiger partial charge in [0.2, 0.25) is 0 Å². The zero-order valence-electron chi connectivity index (χ0n) is 9.93. The van der Waals surface area contributed by atoms with Gasteiger partial charge in [-0.25, -0.2) is 4.79 Å². The number of benzene rings is 1. The van der Waals surface area contributed by atoms with Crippen LogP contribution in [0.1, 0.15) is 36.7 Å². The van der Waals surface area contributed by atoms with Gasteiger partial charge in [-0.2, -0.15) is 0 Å². The van der Waals surface area contributed by atoms with Crippen molar-refractivity contribution in [3.05, 3.63) is 26.8 Å². The average Bonchev–Trinajstić information content (AvgIpc) is 2.08. The fourth-order valence-corrected chi connectivity index (χ4v) is 1.89. The van der Waals surface area contributed by atoms with E-state index < -0.39 is 5.60 Å². The van der Waals surface area contributed by atoms with Crippen LogP contribution in [0.5, 0.6) is 0 Å². The molecule has 0 bridgehead atoms. The maximum Gasteiger partial charge on any atom is 0.339 e. The molecule has 0 aliphatic heterocycles. The summed E-state index contributed by atoms with van der Waals surface area (Å²) in [4.78, 5) is 11.9. The van der Waals surface area contributed by atoms with Crippen LogP contribution in [0.4, 0.5) is 5.69 Å². The summed E-state index contributed by atoms with van der Waals surface area (Å²) < 4.78 is 6.25. The Morgan fingerprint density at radius 1 is 1.38 bits per heavy atom. The molecule has 0 atom stereocenters. The zero-order chi connectivity index (χ0) is 12.5. The lowest BCUT2D eigenvalue weighted by atomic mass is 10.1. The highest BCUT2D eigenvalue weighted by Gasteiger charge is 2.20. The first-order valence-electron chi connectivity index (χ1n) is 4.99. The minimum absolute atomic E-state index is 0.324. The molecule has 4 heteroatoms. The molecule has 3 nitrogen and oxygen atoms in total. The Kier molecular flexibility index (Phi) is 3.83. The molecule has 0 aliphatic rings. The van der Waals surface area contributed by atoms with Gasteiger partial charge in [0.05, 0.1) is 5.56 Å². The van der Waals surface area contributed by atoms with Crippen LogP contribution >= 0.6 is 22.6 Å². The largest absolute Gasteiger partial charge is 0.456 e. The summed E-state index contributed by atoms with van der Waals surface area (Å²) in [6.07, 6.45) is 0. The molecule has 2 N–H and O–H groups in total. The number of carbonyl (C=O) groups is 1. The molecule has 0 amide bonds. The van der Waals surface area contributed by atoms with Crippen LogP contribution in [-0.2, 0) is 4.74 Å². The van der Waals surface area contributed by atoms with Crippen LogP contribution in [0.15, 0.2) is 12.1 Å². The number of rotatable bonds is 1. The molecule has 0 saturated heterocycles. The summed E-state index contributed by atoms with van der Waals surface area (Å²) in [6.45, 7) is 7.36. The SMILES string of the molecule is Cc1c(N)cc(I)cc1C(=O)OC(C)(C)C. The van der Waals surface area contributed by atoms with E-state index in [0.717, 1.165) is 9.13 Å².